The van der Waals surface area contributed by atoms with Crippen molar-refractivity contribution < 1.29 is 9.15 Å². The molecule has 1 atom stereocenters. The summed E-state index contributed by atoms with van der Waals surface area (Å²) in [5.74, 6) is 2.02. The van der Waals surface area contributed by atoms with Gasteiger partial charge < -0.3 is 19.0 Å². The summed E-state index contributed by atoms with van der Waals surface area (Å²) in [5, 5.41) is 9.15. The van der Waals surface area contributed by atoms with E-state index in [0.29, 0.717) is 5.92 Å². The van der Waals surface area contributed by atoms with Crippen LogP contribution in [0.25, 0.3) is 71.5 Å². The largest absolute Gasteiger partial charge is 0.456 e. The third-order valence-corrected chi connectivity index (χ3v) is 14.2. The molecular weight excluding hydrogens is 805 g/mol. The molecule has 0 bridgehead atoms. The third-order valence-electron chi connectivity index (χ3n) is 14.2. The average Bonchev–Trinajstić information content (AvgIpc) is 3.75. The van der Waals surface area contributed by atoms with Crippen LogP contribution in [0.4, 0.5) is 28.4 Å². The van der Waals surface area contributed by atoms with Crippen molar-refractivity contribution in [2.45, 2.75) is 19.3 Å². The Morgan fingerprint density at radius 2 is 1.21 bits per heavy atom. The Balaban J connectivity index is 0.938. The van der Waals surface area contributed by atoms with Crippen molar-refractivity contribution in [3.63, 3.8) is 0 Å². The number of fused-ring (bicyclic) bond motifs is 10. The van der Waals surface area contributed by atoms with Crippen LogP contribution in [0.1, 0.15) is 24.0 Å². The van der Waals surface area contributed by atoms with Gasteiger partial charge in [0.2, 0.25) is 0 Å². The molecule has 1 aliphatic heterocycles. The zero-order chi connectivity index (χ0) is 43.3. The van der Waals surface area contributed by atoms with Gasteiger partial charge in [0.05, 0.1) is 17.1 Å². The third kappa shape index (κ3) is 5.64. The van der Waals surface area contributed by atoms with Crippen LogP contribution in [-0.4, -0.2) is 0 Å². The van der Waals surface area contributed by atoms with Crippen LogP contribution in [0.15, 0.2) is 222 Å². The summed E-state index contributed by atoms with van der Waals surface area (Å²) in [7, 11) is 0. The lowest BCUT2D eigenvalue weighted by molar-refractivity contribution is 0.487. The van der Waals surface area contributed by atoms with Gasteiger partial charge in [0.15, 0.2) is 0 Å². The first-order valence-corrected chi connectivity index (χ1v) is 23.1. The van der Waals surface area contributed by atoms with Gasteiger partial charge in [0.25, 0.3) is 0 Å². The molecule has 0 amide bonds. The Hall–Kier alpha value is -8.34. The summed E-state index contributed by atoms with van der Waals surface area (Å²) in [6, 6.07) is 59.3. The lowest BCUT2D eigenvalue weighted by Crippen LogP contribution is -2.22. The maximum atomic E-state index is 7.01. The molecule has 312 valence electrons. The number of aryl methyl sites for hydroxylation is 1. The molecule has 1 aromatic heterocycles. The van der Waals surface area contributed by atoms with Crippen LogP contribution >= 0.6 is 0 Å². The number of rotatable bonds is 6. The fourth-order valence-electron chi connectivity index (χ4n) is 11.2. The molecule has 0 saturated carbocycles. The fourth-order valence-corrected chi connectivity index (χ4v) is 11.2. The lowest BCUT2D eigenvalue weighted by Gasteiger charge is -2.35. The maximum Gasteiger partial charge on any atom is 0.137 e. The molecule has 0 fully saturated rings. The molecule has 0 spiro atoms. The van der Waals surface area contributed by atoms with E-state index in [4.69, 9.17) is 9.15 Å². The van der Waals surface area contributed by atoms with Crippen LogP contribution in [0.5, 0.6) is 11.5 Å². The molecule has 0 radical (unpaired) electrons. The van der Waals surface area contributed by atoms with E-state index in [2.05, 4.69) is 222 Å². The number of nitrogens with zero attached hydrogens (tertiary/aromatic N) is 2. The summed E-state index contributed by atoms with van der Waals surface area (Å²) in [5.41, 5.74) is 14.5. The zero-order valence-electron chi connectivity index (χ0n) is 36.1. The summed E-state index contributed by atoms with van der Waals surface area (Å²) in [4.78, 5) is 4.84. The van der Waals surface area contributed by atoms with Gasteiger partial charge in [-0.1, -0.05) is 140 Å². The highest BCUT2D eigenvalue weighted by Gasteiger charge is 2.29. The van der Waals surface area contributed by atoms with Crippen LogP contribution < -0.4 is 14.5 Å². The number of anilines is 5. The van der Waals surface area contributed by atoms with Crippen LogP contribution in [0, 0.1) is 5.92 Å². The van der Waals surface area contributed by atoms with Crippen molar-refractivity contribution in [1.29, 1.82) is 0 Å². The molecule has 0 saturated heterocycles. The molecule has 3 aliphatic carbocycles. The van der Waals surface area contributed by atoms with E-state index in [1.54, 1.807) is 0 Å². The van der Waals surface area contributed by atoms with Crippen molar-refractivity contribution in [3.8, 4) is 22.6 Å². The topological polar surface area (TPSA) is 28.9 Å². The van der Waals surface area contributed by atoms with Gasteiger partial charge in [-0.3, -0.25) is 0 Å². The van der Waals surface area contributed by atoms with Gasteiger partial charge in [-0.25, -0.2) is 0 Å². The first kappa shape index (κ1) is 37.1. The van der Waals surface area contributed by atoms with Crippen molar-refractivity contribution in [2.75, 3.05) is 9.80 Å². The maximum absolute atomic E-state index is 7.01. The summed E-state index contributed by atoms with van der Waals surface area (Å²) < 4.78 is 14.0. The summed E-state index contributed by atoms with van der Waals surface area (Å²) in [6.07, 6.45) is 21.3. The van der Waals surface area contributed by atoms with Crippen molar-refractivity contribution in [3.05, 3.63) is 229 Å². The number of allylic oxidation sites excluding steroid dienone is 8. The quantitative estimate of drug-likeness (QED) is 0.167. The van der Waals surface area contributed by atoms with E-state index in [0.717, 1.165) is 97.3 Å². The second-order valence-corrected chi connectivity index (χ2v) is 17.8. The lowest BCUT2D eigenvalue weighted by atomic mass is 9.85. The average molecular weight is 847 g/mol. The van der Waals surface area contributed by atoms with Gasteiger partial charge in [-0.2, -0.15) is 0 Å². The monoisotopic (exact) mass is 846 g/mol. The van der Waals surface area contributed by atoms with E-state index < -0.39 is 0 Å². The smallest absolute Gasteiger partial charge is 0.137 e. The highest BCUT2D eigenvalue weighted by molar-refractivity contribution is 6.24. The zero-order valence-corrected chi connectivity index (χ0v) is 36.1. The van der Waals surface area contributed by atoms with E-state index in [9.17, 15) is 0 Å². The van der Waals surface area contributed by atoms with Gasteiger partial charge in [0, 0.05) is 78.7 Å². The molecule has 4 nitrogen and oxygen atoms in total. The molecule has 4 aliphatic rings. The van der Waals surface area contributed by atoms with Crippen LogP contribution in [-0.2, 0) is 6.42 Å². The minimum Gasteiger partial charge on any atom is -0.456 e. The first-order chi connectivity index (χ1) is 32.7. The predicted molar refractivity (Wildman–Crippen MR) is 275 cm³/mol. The Labute approximate surface area is 382 Å². The fraction of sp³-hybridized carbons (Fsp3) is 0.0645. The van der Waals surface area contributed by atoms with E-state index >= 15 is 0 Å². The SMILES string of the molecule is C1=CC2=C(N(c3ccc4c(c3)Oc3cccc5c3c-4cc3oc4cc(N(c6cccc7ccccc67)c6cccc7ccccc67)ccc4c35)c3cccc4c3C=CCC4)C=CCC2C=C1. The summed E-state index contributed by atoms with van der Waals surface area (Å²) >= 11 is 0. The van der Waals surface area contributed by atoms with Crippen molar-refractivity contribution >= 4 is 88.8 Å². The Kier molecular flexibility index (Phi) is 8.20. The van der Waals surface area contributed by atoms with E-state index in [1.165, 1.54) is 49.6 Å². The van der Waals surface area contributed by atoms with Gasteiger partial charge in [-0.15, -0.1) is 0 Å². The molecular formula is C62H42N2O2. The van der Waals surface area contributed by atoms with Gasteiger partial charge >= 0.3 is 0 Å². The number of ether oxygens (including phenoxy) is 1. The highest BCUT2D eigenvalue weighted by Crippen LogP contribution is 2.53. The second kappa shape index (κ2) is 14.6. The van der Waals surface area contributed by atoms with Crippen LogP contribution in [0.3, 0.4) is 0 Å². The highest BCUT2D eigenvalue weighted by atomic mass is 16.5. The molecule has 10 aromatic rings. The summed E-state index contributed by atoms with van der Waals surface area (Å²) in [6.45, 7) is 0. The molecule has 14 rings (SSSR count). The molecule has 0 N–H and O–H groups in total. The van der Waals surface area contributed by atoms with E-state index in [-0.39, 0.29) is 0 Å². The molecule has 4 heteroatoms. The predicted octanol–water partition coefficient (Wildman–Crippen LogP) is 17.3. The molecule has 66 heavy (non-hydrogen) atoms. The second-order valence-electron chi connectivity index (χ2n) is 17.8. The Morgan fingerprint density at radius 3 is 2.06 bits per heavy atom. The number of furan rings is 1. The van der Waals surface area contributed by atoms with E-state index in [1.807, 2.05) is 0 Å². The number of benzene rings is 9. The minimum atomic E-state index is 0.341. The number of hydrogen-bond donors (Lipinski definition) is 0. The number of hydrogen-bond acceptors (Lipinski definition) is 4. The van der Waals surface area contributed by atoms with Gasteiger partial charge in [-0.05, 0) is 107 Å². The minimum absolute atomic E-state index is 0.341. The Bertz CT molecular complexity index is 3770. The van der Waals surface area contributed by atoms with Gasteiger partial charge in [0.1, 0.15) is 22.7 Å². The standard InChI is InChI=1S/C62H42N2O2/c1-5-22-45-39(14-1)18-9-27-53(45)63(54-28-10-19-40-15-2-6-23-46(40)54)43-32-34-49-52-38-60-61(51-26-13-31-57(62(51)52)65-58(49)36-43)50-35-33-44(37-59(50)66-60)64(55-29-11-20-41-16-3-7-24-47(41)55)56-30-12-21-42-17-4-8-25-48(42)56/h1,3-14,16-17,19-39H,2,15,18H2. The normalized spacial score (nSPS) is 15.7. The molecule has 9 aromatic carbocycles. The first-order valence-electron chi connectivity index (χ1n) is 23.1. The molecule has 1 unspecified atom stereocenters. The van der Waals surface area contributed by atoms with Crippen LogP contribution in [0.2, 0.25) is 0 Å². The van der Waals surface area contributed by atoms with Crippen molar-refractivity contribution in [1.82, 2.24) is 0 Å². The molecule has 2 heterocycles. The Morgan fingerprint density at radius 1 is 0.485 bits per heavy atom. The van der Waals surface area contributed by atoms with Crippen molar-refractivity contribution in [2.24, 2.45) is 5.92 Å².